The average molecular weight is 186 g/mol. The summed E-state index contributed by atoms with van der Waals surface area (Å²) < 4.78 is 37.1. The molecule has 1 aromatic rings. The molecule has 0 spiro atoms. The molecule has 0 saturated heterocycles. The number of hydrogen-bond acceptors (Lipinski definition) is 2. The molecule has 5 heteroatoms. The summed E-state index contributed by atoms with van der Waals surface area (Å²) in [5.41, 5.74) is -0.953. The van der Waals surface area contributed by atoms with Crippen LogP contribution in [0, 0.1) is 24.2 Å². The molecule has 0 bridgehead atoms. The third kappa shape index (κ3) is 1.78. The smallest absolute Gasteiger partial charge is 0.223 e. The van der Waals surface area contributed by atoms with E-state index in [-0.39, 0.29) is 5.69 Å². The Morgan fingerprint density at radius 1 is 1.54 bits per heavy atom. The topological polar surface area (TPSA) is 36.7 Å². The zero-order chi connectivity index (χ0) is 10.0. The van der Waals surface area contributed by atoms with E-state index in [1.54, 1.807) is 0 Å². The van der Waals surface area contributed by atoms with Crippen molar-refractivity contribution in [3.63, 3.8) is 0 Å². The molecule has 0 aliphatic heterocycles. The molecular weight excluding hydrogens is 181 g/mol. The molecular formula is C8H5F3N2. The van der Waals surface area contributed by atoms with Gasteiger partial charge in [-0.3, -0.25) is 0 Å². The average Bonchev–Trinajstić information content (AvgIpc) is 2.03. The molecule has 68 valence electrons. The van der Waals surface area contributed by atoms with Crippen molar-refractivity contribution in [3.8, 4) is 6.07 Å². The summed E-state index contributed by atoms with van der Waals surface area (Å²) in [7, 11) is 0. The van der Waals surface area contributed by atoms with Gasteiger partial charge in [-0.2, -0.15) is 9.65 Å². The normalized spacial score (nSPS) is 10.2. The summed E-state index contributed by atoms with van der Waals surface area (Å²) in [6.45, 7) is 1.27. The fraction of sp³-hybridized carbons (Fsp3) is 0.250. The van der Waals surface area contributed by atoms with Crippen LogP contribution in [0.5, 0.6) is 0 Å². The zero-order valence-corrected chi connectivity index (χ0v) is 6.68. The second kappa shape index (κ2) is 3.44. The molecule has 1 rings (SSSR count). The van der Waals surface area contributed by atoms with Crippen molar-refractivity contribution < 1.29 is 13.2 Å². The maximum absolute atomic E-state index is 12.7. The van der Waals surface area contributed by atoms with Crippen LogP contribution in [0.2, 0.25) is 0 Å². The molecule has 0 aliphatic carbocycles. The first-order valence-corrected chi connectivity index (χ1v) is 3.41. The SMILES string of the molecule is Cc1nc(F)c(C#N)cc1C(F)F. The van der Waals surface area contributed by atoms with E-state index in [1.807, 2.05) is 0 Å². The van der Waals surface area contributed by atoms with E-state index in [9.17, 15) is 13.2 Å². The van der Waals surface area contributed by atoms with Gasteiger partial charge in [0.15, 0.2) is 0 Å². The zero-order valence-electron chi connectivity index (χ0n) is 6.68. The van der Waals surface area contributed by atoms with E-state index in [2.05, 4.69) is 4.98 Å². The summed E-state index contributed by atoms with van der Waals surface area (Å²) in [6.07, 6.45) is -2.74. The van der Waals surface area contributed by atoms with Gasteiger partial charge in [-0.15, -0.1) is 0 Å². The maximum atomic E-state index is 12.7. The van der Waals surface area contributed by atoms with Gasteiger partial charge in [0.2, 0.25) is 5.95 Å². The van der Waals surface area contributed by atoms with Crippen LogP contribution in [0.3, 0.4) is 0 Å². The van der Waals surface area contributed by atoms with Gasteiger partial charge < -0.3 is 0 Å². The molecule has 0 fully saturated rings. The van der Waals surface area contributed by atoms with Crippen molar-refractivity contribution >= 4 is 0 Å². The van der Waals surface area contributed by atoms with Crippen LogP contribution in [0.15, 0.2) is 6.07 Å². The fourth-order valence-electron chi connectivity index (χ4n) is 0.891. The highest BCUT2D eigenvalue weighted by Crippen LogP contribution is 2.22. The molecule has 13 heavy (non-hydrogen) atoms. The van der Waals surface area contributed by atoms with Gasteiger partial charge in [0, 0.05) is 11.3 Å². The molecule has 0 atom stereocenters. The molecule has 0 unspecified atom stereocenters. The van der Waals surface area contributed by atoms with Crippen molar-refractivity contribution in [2.75, 3.05) is 0 Å². The molecule has 2 nitrogen and oxygen atoms in total. The number of halogens is 3. The number of nitrogens with zero attached hydrogens (tertiary/aromatic N) is 2. The Bertz CT molecular complexity index is 368. The van der Waals surface area contributed by atoms with Crippen LogP contribution in [-0.4, -0.2) is 4.98 Å². The predicted octanol–water partition coefficient (Wildman–Crippen LogP) is 2.34. The third-order valence-electron chi connectivity index (χ3n) is 1.56. The van der Waals surface area contributed by atoms with Crippen molar-refractivity contribution in [1.29, 1.82) is 5.26 Å². The standard InChI is InChI=1S/C8H5F3N2/c1-4-6(7(9)10)2-5(3-12)8(11)13-4/h2,7H,1H3. The van der Waals surface area contributed by atoms with E-state index in [4.69, 9.17) is 5.26 Å². The lowest BCUT2D eigenvalue weighted by molar-refractivity contribution is 0.150. The fourth-order valence-corrected chi connectivity index (χ4v) is 0.891. The Morgan fingerprint density at radius 2 is 2.15 bits per heavy atom. The summed E-state index contributed by atoms with van der Waals surface area (Å²) >= 11 is 0. The van der Waals surface area contributed by atoms with Crippen LogP contribution in [0.25, 0.3) is 0 Å². The summed E-state index contributed by atoms with van der Waals surface area (Å²) in [6, 6.07) is 2.27. The lowest BCUT2D eigenvalue weighted by Crippen LogP contribution is -1.99. The minimum atomic E-state index is -2.74. The lowest BCUT2D eigenvalue weighted by Gasteiger charge is -2.03. The van der Waals surface area contributed by atoms with Gasteiger partial charge in [-0.05, 0) is 13.0 Å². The van der Waals surface area contributed by atoms with Crippen molar-refractivity contribution in [1.82, 2.24) is 4.98 Å². The third-order valence-corrected chi connectivity index (χ3v) is 1.56. The predicted molar refractivity (Wildman–Crippen MR) is 38.6 cm³/mol. The molecule has 0 aliphatic rings. The van der Waals surface area contributed by atoms with E-state index in [0.29, 0.717) is 0 Å². The summed E-state index contributed by atoms with van der Waals surface area (Å²) in [4.78, 5) is 3.20. The minimum absolute atomic E-state index is 0.0912. The highest BCUT2D eigenvalue weighted by molar-refractivity contribution is 5.34. The number of nitriles is 1. The Hall–Kier alpha value is -1.57. The van der Waals surface area contributed by atoms with Gasteiger partial charge >= 0.3 is 0 Å². The molecule has 0 N–H and O–H groups in total. The molecule has 0 aromatic carbocycles. The number of alkyl halides is 2. The van der Waals surface area contributed by atoms with Gasteiger partial charge in [0.25, 0.3) is 6.43 Å². The molecule has 1 heterocycles. The van der Waals surface area contributed by atoms with E-state index in [0.717, 1.165) is 6.07 Å². The molecule has 0 saturated carbocycles. The Kier molecular flexibility index (Phi) is 2.52. The van der Waals surface area contributed by atoms with Crippen LogP contribution >= 0.6 is 0 Å². The molecule has 0 amide bonds. The maximum Gasteiger partial charge on any atom is 0.265 e. The van der Waals surface area contributed by atoms with E-state index >= 15 is 0 Å². The molecule has 1 aromatic heterocycles. The first-order valence-electron chi connectivity index (χ1n) is 3.41. The number of aryl methyl sites for hydroxylation is 1. The largest absolute Gasteiger partial charge is 0.265 e. The van der Waals surface area contributed by atoms with Crippen molar-refractivity contribution in [2.24, 2.45) is 0 Å². The van der Waals surface area contributed by atoms with Crippen LogP contribution in [0.1, 0.15) is 23.2 Å². The van der Waals surface area contributed by atoms with Gasteiger partial charge in [0.05, 0.1) is 0 Å². The summed E-state index contributed by atoms with van der Waals surface area (Å²) in [5, 5.41) is 8.34. The lowest BCUT2D eigenvalue weighted by atomic mass is 10.1. The number of aromatic nitrogens is 1. The molecule has 0 radical (unpaired) electrons. The number of rotatable bonds is 1. The van der Waals surface area contributed by atoms with Gasteiger partial charge in [0.1, 0.15) is 11.6 Å². The highest BCUT2D eigenvalue weighted by atomic mass is 19.3. The first kappa shape index (κ1) is 9.52. The second-order valence-corrected chi connectivity index (χ2v) is 2.41. The number of hydrogen-bond donors (Lipinski definition) is 0. The van der Waals surface area contributed by atoms with E-state index < -0.39 is 23.5 Å². The quantitative estimate of drug-likeness (QED) is 0.631. The Labute approximate surface area is 72.6 Å². The van der Waals surface area contributed by atoms with Gasteiger partial charge in [-0.25, -0.2) is 13.8 Å². The van der Waals surface area contributed by atoms with E-state index in [1.165, 1.54) is 13.0 Å². The minimum Gasteiger partial charge on any atom is -0.223 e. The summed E-state index contributed by atoms with van der Waals surface area (Å²) in [5.74, 6) is -1.01. The number of pyridine rings is 1. The Balaban J connectivity index is 3.33. The highest BCUT2D eigenvalue weighted by Gasteiger charge is 2.15. The monoisotopic (exact) mass is 186 g/mol. The van der Waals surface area contributed by atoms with Crippen LogP contribution in [-0.2, 0) is 0 Å². The van der Waals surface area contributed by atoms with Gasteiger partial charge in [-0.1, -0.05) is 0 Å². The Morgan fingerprint density at radius 3 is 2.62 bits per heavy atom. The van der Waals surface area contributed by atoms with Crippen LogP contribution in [0.4, 0.5) is 13.2 Å². The van der Waals surface area contributed by atoms with Crippen molar-refractivity contribution in [3.05, 3.63) is 28.8 Å². The first-order chi connectivity index (χ1) is 6.06. The van der Waals surface area contributed by atoms with Crippen molar-refractivity contribution in [2.45, 2.75) is 13.3 Å². The second-order valence-electron chi connectivity index (χ2n) is 2.41. The van der Waals surface area contributed by atoms with Crippen LogP contribution < -0.4 is 0 Å².